The Hall–Kier alpha value is -1.26. The first-order valence-corrected chi connectivity index (χ1v) is 6.96. The molecule has 108 valence electrons. The number of rotatable bonds is 2. The van der Waals surface area contributed by atoms with E-state index in [1.807, 2.05) is 20.8 Å². The van der Waals surface area contributed by atoms with Gasteiger partial charge in [0.25, 0.3) is 0 Å². The van der Waals surface area contributed by atoms with E-state index in [0.717, 1.165) is 25.7 Å². The standard InChI is InChI=1S/C14H23NO4/c1-13(2,3)19-12(18)15-8-4-10(5-9-15)14(6-7-14)11(16)17/h10H,4-9H2,1-3H3,(H,16,17). The third-order valence-electron chi connectivity index (χ3n) is 4.14. The number of carbonyl (C=O) groups excluding carboxylic acids is 1. The maximum Gasteiger partial charge on any atom is 0.410 e. The third kappa shape index (κ3) is 3.01. The topological polar surface area (TPSA) is 66.8 Å². The molecule has 0 spiro atoms. The van der Waals surface area contributed by atoms with Crippen LogP contribution in [0.1, 0.15) is 46.5 Å². The number of piperidine rings is 1. The molecule has 1 saturated heterocycles. The monoisotopic (exact) mass is 269 g/mol. The average molecular weight is 269 g/mol. The summed E-state index contributed by atoms with van der Waals surface area (Å²) >= 11 is 0. The van der Waals surface area contributed by atoms with Crippen molar-refractivity contribution in [1.29, 1.82) is 0 Å². The fourth-order valence-electron chi connectivity index (χ4n) is 2.87. The molecular weight excluding hydrogens is 246 g/mol. The van der Waals surface area contributed by atoms with Crippen LogP contribution >= 0.6 is 0 Å². The van der Waals surface area contributed by atoms with Crippen molar-refractivity contribution < 1.29 is 19.4 Å². The molecule has 19 heavy (non-hydrogen) atoms. The van der Waals surface area contributed by atoms with Crippen LogP contribution in [0.2, 0.25) is 0 Å². The zero-order chi connectivity index (χ0) is 14.3. The van der Waals surface area contributed by atoms with E-state index in [1.54, 1.807) is 4.90 Å². The zero-order valence-electron chi connectivity index (χ0n) is 11.9. The van der Waals surface area contributed by atoms with Crippen molar-refractivity contribution in [2.75, 3.05) is 13.1 Å². The largest absolute Gasteiger partial charge is 0.481 e. The zero-order valence-corrected chi connectivity index (χ0v) is 11.9. The lowest BCUT2D eigenvalue weighted by molar-refractivity contribution is -0.146. The molecule has 5 nitrogen and oxygen atoms in total. The molecule has 5 heteroatoms. The molecule has 0 unspecified atom stereocenters. The molecule has 1 N–H and O–H groups in total. The number of nitrogens with zero attached hydrogens (tertiary/aromatic N) is 1. The maximum atomic E-state index is 11.9. The Labute approximate surface area is 113 Å². The quantitative estimate of drug-likeness (QED) is 0.836. The van der Waals surface area contributed by atoms with Crippen LogP contribution in [0, 0.1) is 11.3 Å². The second-order valence-corrected chi connectivity index (χ2v) is 6.70. The first-order chi connectivity index (χ1) is 8.74. The summed E-state index contributed by atoms with van der Waals surface area (Å²) in [6, 6.07) is 0. The molecule has 1 heterocycles. The van der Waals surface area contributed by atoms with E-state index in [2.05, 4.69) is 0 Å². The number of carboxylic acids is 1. The predicted molar refractivity (Wildman–Crippen MR) is 69.8 cm³/mol. The van der Waals surface area contributed by atoms with E-state index < -0.39 is 17.0 Å². The second kappa shape index (κ2) is 4.69. The van der Waals surface area contributed by atoms with Gasteiger partial charge >= 0.3 is 12.1 Å². The van der Waals surface area contributed by atoms with E-state index >= 15 is 0 Å². The van der Waals surface area contributed by atoms with Crippen molar-refractivity contribution in [3.63, 3.8) is 0 Å². The Morgan fingerprint density at radius 1 is 1.21 bits per heavy atom. The van der Waals surface area contributed by atoms with Crippen molar-refractivity contribution in [1.82, 2.24) is 4.90 Å². The molecule has 0 bridgehead atoms. The molecule has 1 aliphatic carbocycles. The van der Waals surface area contributed by atoms with Crippen LogP contribution in [0.3, 0.4) is 0 Å². The highest BCUT2D eigenvalue weighted by atomic mass is 16.6. The average Bonchev–Trinajstić information content (AvgIpc) is 3.08. The summed E-state index contributed by atoms with van der Waals surface area (Å²) in [5.74, 6) is -0.452. The van der Waals surface area contributed by atoms with Crippen LogP contribution in [0.4, 0.5) is 4.79 Å². The van der Waals surface area contributed by atoms with Gasteiger partial charge in [-0.3, -0.25) is 4.79 Å². The van der Waals surface area contributed by atoms with E-state index in [0.29, 0.717) is 13.1 Å². The lowest BCUT2D eigenvalue weighted by Gasteiger charge is -2.35. The number of ether oxygens (including phenoxy) is 1. The molecule has 0 aromatic carbocycles. The summed E-state index contributed by atoms with van der Waals surface area (Å²) in [6.07, 6.45) is 2.83. The molecule has 0 aromatic heterocycles. The first kappa shape index (κ1) is 14.2. The predicted octanol–water partition coefficient (Wildman–Crippen LogP) is 2.50. The van der Waals surface area contributed by atoms with Gasteiger partial charge in [-0.2, -0.15) is 0 Å². The van der Waals surface area contributed by atoms with Crippen LogP contribution < -0.4 is 0 Å². The van der Waals surface area contributed by atoms with Gasteiger partial charge in [0, 0.05) is 13.1 Å². The second-order valence-electron chi connectivity index (χ2n) is 6.70. The SMILES string of the molecule is CC(C)(C)OC(=O)N1CCC(C2(C(=O)O)CC2)CC1. The molecule has 0 radical (unpaired) electrons. The van der Waals surface area contributed by atoms with E-state index in [4.69, 9.17) is 4.74 Å². The lowest BCUT2D eigenvalue weighted by Crippen LogP contribution is -2.44. The van der Waals surface area contributed by atoms with Crippen LogP contribution in [0.15, 0.2) is 0 Å². The number of likely N-dealkylation sites (tertiary alicyclic amines) is 1. The fourth-order valence-corrected chi connectivity index (χ4v) is 2.87. The smallest absolute Gasteiger partial charge is 0.410 e. The Bertz CT molecular complexity index is 373. The van der Waals surface area contributed by atoms with Crippen LogP contribution in [0.25, 0.3) is 0 Å². The Morgan fingerprint density at radius 2 is 1.74 bits per heavy atom. The highest BCUT2D eigenvalue weighted by molar-refractivity contribution is 5.78. The molecular formula is C14H23NO4. The van der Waals surface area contributed by atoms with Crippen molar-refractivity contribution >= 4 is 12.1 Å². The van der Waals surface area contributed by atoms with E-state index in [1.165, 1.54) is 0 Å². The normalized spacial score (nSPS) is 23.0. The summed E-state index contributed by atoms with van der Waals surface area (Å²) in [4.78, 5) is 24.9. The van der Waals surface area contributed by atoms with E-state index in [9.17, 15) is 14.7 Å². The van der Waals surface area contributed by atoms with Gasteiger partial charge in [-0.25, -0.2) is 4.79 Å². The van der Waals surface area contributed by atoms with Gasteiger partial charge in [0.05, 0.1) is 5.41 Å². The maximum absolute atomic E-state index is 11.9. The van der Waals surface area contributed by atoms with Gasteiger partial charge in [0.15, 0.2) is 0 Å². The summed E-state index contributed by atoms with van der Waals surface area (Å²) in [5, 5.41) is 9.28. The summed E-state index contributed by atoms with van der Waals surface area (Å²) in [5.41, 5.74) is -0.966. The van der Waals surface area contributed by atoms with Crippen LogP contribution in [-0.2, 0) is 9.53 Å². The number of amides is 1. The van der Waals surface area contributed by atoms with Gasteiger partial charge in [-0.1, -0.05) is 0 Å². The minimum atomic E-state index is -0.664. The Kier molecular flexibility index (Phi) is 3.49. The van der Waals surface area contributed by atoms with Crippen molar-refractivity contribution in [3.05, 3.63) is 0 Å². The van der Waals surface area contributed by atoms with Crippen LogP contribution in [0.5, 0.6) is 0 Å². The van der Waals surface area contributed by atoms with Gasteiger partial charge in [0.2, 0.25) is 0 Å². The molecule has 2 fully saturated rings. The Balaban J connectivity index is 1.86. The number of aliphatic carboxylic acids is 1. The first-order valence-electron chi connectivity index (χ1n) is 6.96. The van der Waals surface area contributed by atoms with E-state index in [-0.39, 0.29) is 12.0 Å². The third-order valence-corrected chi connectivity index (χ3v) is 4.14. The molecule has 0 atom stereocenters. The van der Waals surface area contributed by atoms with Gasteiger partial charge in [-0.15, -0.1) is 0 Å². The summed E-state index contributed by atoms with van der Waals surface area (Å²) in [7, 11) is 0. The highest BCUT2D eigenvalue weighted by Gasteiger charge is 2.56. The molecule has 1 saturated carbocycles. The van der Waals surface area contributed by atoms with Crippen molar-refractivity contribution in [2.24, 2.45) is 11.3 Å². The number of hydrogen-bond acceptors (Lipinski definition) is 3. The molecule has 0 aromatic rings. The van der Waals surface area contributed by atoms with Crippen LogP contribution in [-0.4, -0.2) is 40.8 Å². The molecule has 1 amide bonds. The number of carbonyl (C=O) groups is 2. The number of carboxylic acid groups (broad SMARTS) is 1. The molecule has 2 rings (SSSR count). The minimum absolute atomic E-state index is 0.212. The summed E-state index contributed by atoms with van der Waals surface area (Å²) in [6.45, 7) is 6.76. The minimum Gasteiger partial charge on any atom is -0.481 e. The fraction of sp³-hybridized carbons (Fsp3) is 0.857. The highest BCUT2D eigenvalue weighted by Crippen LogP contribution is 2.55. The van der Waals surface area contributed by atoms with Gasteiger partial charge < -0.3 is 14.7 Å². The van der Waals surface area contributed by atoms with Crippen molar-refractivity contribution in [2.45, 2.75) is 52.1 Å². The number of hydrogen-bond donors (Lipinski definition) is 1. The van der Waals surface area contributed by atoms with Crippen molar-refractivity contribution in [3.8, 4) is 0 Å². The lowest BCUT2D eigenvalue weighted by atomic mass is 9.81. The van der Waals surface area contributed by atoms with Gasteiger partial charge in [-0.05, 0) is 52.4 Å². The Morgan fingerprint density at radius 3 is 2.11 bits per heavy atom. The summed E-state index contributed by atoms with van der Waals surface area (Å²) < 4.78 is 5.33. The molecule has 2 aliphatic rings. The van der Waals surface area contributed by atoms with Gasteiger partial charge in [0.1, 0.15) is 5.60 Å². The molecule has 1 aliphatic heterocycles.